The zero-order valence-electron chi connectivity index (χ0n) is 31.8. The molecule has 1 aliphatic rings. The quantitative estimate of drug-likeness (QED) is 0.141. The van der Waals surface area contributed by atoms with Crippen LogP contribution in [0.4, 0.5) is 0 Å². The van der Waals surface area contributed by atoms with Crippen molar-refractivity contribution in [3.05, 3.63) is 241 Å². The molecule has 0 saturated carbocycles. The molecule has 3 heteroatoms. The van der Waals surface area contributed by atoms with Crippen LogP contribution in [0.5, 0.6) is 0 Å². The third-order valence-corrected chi connectivity index (χ3v) is 12.1. The summed E-state index contributed by atoms with van der Waals surface area (Å²) in [7, 11) is 0. The topological polar surface area (TPSA) is 0 Å². The third-order valence-electron chi connectivity index (χ3n) is 10.7. The third kappa shape index (κ3) is 8.09. The molecular weight excluding hydrogens is 823 g/mol. The maximum atomic E-state index is 2.44. The van der Waals surface area contributed by atoms with E-state index < -0.39 is 0 Å². The van der Waals surface area contributed by atoms with Crippen molar-refractivity contribution < 1.29 is 49.0 Å². The van der Waals surface area contributed by atoms with Crippen molar-refractivity contribution in [1.29, 1.82) is 0 Å². The minimum atomic E-state index is 0. The average molecular weight is 862 g/mol. The van der Waals surface area contributed by atoms with Gasteiger partial charge >= 0.3 is 99.2 Å². The Hall–Kier alpha value is -5.56. The second-order valence-corrected chi connectivity index (χ2v) is 15.3. The van der Waals surface area contributed by atoms with E-state index in [1.54, 1.807) is 0 Å². The summed E-state index contributed by atoms with van der Waals surface area (Å²) >= 11 is 1.46. The average Bonchev–Trinajstić information content (AvgIpc) is 3.96. The summed E-state index contributed by atoms with van der Waals surface area (Å²) in [6, 6.07) is 74.1. The second kappa shape index (κ2) is 18.8. The zero-order valence-corrected chi connectivity index (χ0v) is 35.8. The normalized spacial score (nSPS) is 11.6. The number of hydrogen-bond donors (Lipinski definition) is 0. The van der Waals surface area contributed by atoms with Crippen LogP contribution in [0.25, 0.3) is 71.6 Å². The van der Waals surface area contributed by atoms with E-state index in [-0.39, 0.29) is 24.8 Å². The fourth-order valence-electron chi connectivity index (χ4n) is 8.18. The number of allylic oxidation sites excluding steroid dienone is 4. The van der Waals surface area contributed by atoms with Gasteiger partial charge in [-0.05, 0) is 45.4 Å². The molecule has 0 atom stereocenters. The Kier molecular flexibility index (Phi) is 13.2. The van der Waals surface area contributed by atoms with Gasteiger partial charge in [0.25, 0.3) is 0 Å². The van der Waals surface area contributed by atoms with E-state index in [0.29, 0.717) is 0 Å². The Balaban J connectivity index is 0.000000272. The van der Waals surface area contributed by atoms with E-state index in [4.69, 9.17) is 0 Å². The molecule has 0 spiro atoms. The predicted octanol–water partition coefficient (Wildman–Crippen LogP) is 8.53. The number of hydrogen-bond acceptors (Lipinski definition) is 0. The Morgan fingerprint density at radius 3 is 1.31 bits per heavy atom. The van der Waals surface area contributed by atoms with Gasteiger partial charge in [0.1, 0.15) is 0 Å². The van der Waals surface area contributed by atoms with Crippen LogP contribution in [0.3, 0.4) is 0 Å². The fourth-order valence-corrected chi connectivity index (χ4v) is 9.00. The van der Waals surface area contributed by atoms with Gasteiger partial charge in [0.15, 0.2) is 0 Å². The SMILES string of the molecule is C1=CCC(c2c(-c3ccccc3)c(-c3ccccc3)c(-c3ccccc3)c3c2[cH-]c2cccc(-c4ccccc4)c23)=C1.[Cl-].[Cl-].[Zr+2]=[C](c1ccccc1)c1ccccc1. The van der Waals surface area contributed by atoms with Crippen molar-refractivity contribution in [3.8, 4) is 44.5 Å². The van der Waals surface area contributed by atoms with Crippen molar-refractivity contribution in [2.24, 2.45) is 0 Å². The number of benzene rings is 8. The van der Waals surface area contributed by atoms with Crippen molar-refractivity contribution >= 4 is 30.3 Å². The monoisotopic (exact) mass is 859 g/mol. The molecule has 0 heterocycles. The van der Waals surface area contributed by atoms with Gasteiger partial charge in [0, 0.05) is 0 Å². The Labute approximate surface area is 368 Å². The molecule has 1 aliphatic carbocycles. The van der Waals surface area contributed by atoms with Gasteiger partial charge in [-0.25, -0.2) is 0 Å². The van der Waals surface area contributed by atoms with E-state index in [0.717, 1.165) is 6.42 Å². The van der Waals surface area contributed by atoms with Crippen LogP contribution in [0.1, 0.15) is 23.1 Å². The first-order valence-corrected chi connectivity index (χ1v) is 20.5. The Morgan fingerprint density at radius 2 is 0.845 bits per heavy atom. The van der Waals surface area contributed by atoms with Gasteiger partial charge in [0.05, 0.1) is 0 Å². The van der Waals surface area contributed by atoms with Crippen LogP contribution in [0, 0.1) is 0 Å². The molecule has 0 amide bonds. The second-order valence-electron chi connectivity index (χ2n) is 14.1. The summed E-state index contributed by atoms with van der Waals surface area (Å²) in [4.78, 5) is 0. The Morgan fingerprint density at radius 1 is 0.414 bits per heavy atom. The van der Waals surface area contributed by atoms with E-state index in [1.165, 1.54) is 116 Å². The molecule has 0 unspecified atom stereocenters. The molecule has 0 bridgehead atoms. The maximum absolute atomic E-state index is 2.44. The predicted molar refractivity (Wildman–Crippen MR) is 237 cm³/mol. The van der Waals surface area contributed by atoms with Crippen molar-refractivity contribution in [3.63, 3.8) is 0 Å². The molecule has 0 aromatic heterocycles. The number of rotatable bonds is 7. The molecule has 9 aromatic rings. The number of halogens is 2. The molecule has 0 fully saturated rings. The molecular formula is C55H39Cl2Zr-. The summed E-state index contributed by atoms with van der Waals surface area (Å²) < 4.78 is 1.42. The molecule has 10 rings (SSSR count). The summed E-state index contributed by atoms with van der Waals surface area (Å²) in [5.74, 6) is 0. The van der Waals surface area contributed by atoms with E-state index in [2.05, 4.69) is 224 Å². The Bertz CT molecular complexity index is 2800. The first kappa shape index (κ1) is 40.6. The van der Waals surface area contributed by atoms with E-state index in [1.807, 2.05) is 0 Å². The van der Waals surface area contributed by atoms with Crippen LogP contribution in [-0.2, 0) is 24.2 Å². The first-order valence-electron chi connectivity index (χ1n) is 19.3. The fraction of sp³-hybridized carbons (Fsp3) is 0.0182. The van der Waals surface area contributed by atoms with Crippen LogP contribution in [-0.4, -0.2) is 3.21 Å². The molecule has 0 saturated heterocycles. The molecule has 278 valence electrons. The van der Waals surface area contributed by atoms with Gasteiger partial charge in [-0.3, -0.25) is 0 Å². The summed E-state index contributed by atoms with van der Waals surface area (Å²) in [5, 5.41) is 5.25. The van der Waals surface area contributed by atoms with Gasteiger partial charge in [-0.1, -0.05) is 174 Å². The first-order chi connectivity index (χ1) is 27.8. The molecule has 0 aliphatic heterocycles. The van der Waals surface area contributed by atoms with Gasteiger partial charge in [0.2, 0.25) is 0 Å². The van der Waals surface area contributed by atoms with Crippen LogP contribution in [0.15, 0.2) is 224 Å². The summed E-state index contributed by atoms with van der Waals surface area (Å²) in [5.41, 5.74) is 15.5. The van der Waals surface area contributed by atoms with Gasteiger partial charge in [-0.15, -0.1) is 28.3 Å². The van der Waals surface area contributed by atoms with Gasteiger partial charge in [-0.2, -0.15) is 0 Å². The van der Waals surface area contributed by atoms with E-state index >= 15 is 0 Å². The molecule has 0 nitrogen and oxygen atoms in total. The zero-order chi connectivity index (χ0) is 37.7. The summed E-state index contributed by atoms with van der Waals surface area (Å²) in [6.45, 7) is 0. The minimum absolute atomic E-state index is 0. The van der Waals surface area contributed by atoms with Crippen molar-refractivity contribution in [1.82, 2.24) is 0 Å². The molecule has 0 N–H and O–H groups in total. The molecule has 9 aromatic carbocycles. The molecule has 0 radical (unpaired) electrons. The van der Waals surface area contributed by atoms with Crippen LogP contribution < -0.4 is 24.8 Å². The van der Waals surface area contributed by atoms with Crippen molar-refractivity contribution in [2.75, 3.05) is 0 Å². The molecule has 58 heavy (non-hydrogen) atoms. The summed E-state index contributed by atoms with van der Waals surface area (Å²) in [6.07, 6.45) is 7.73. The van der Waals surface area contributed by atoms with E-state index in [9.17, 15) is 0 Å². The number of fused-ring (bicyclic) bond motifs is 3. The van der Waals surface area contributed by atoms with Crippen molar-refractivity contribution in [2.45, 2.75) is 6.42 Å². The van der Waals surface area contributed by atoms with Crippen LogP contribution in [0.2, 0.25) is 0 Å². The standard InChI is InChI=1S/C42H29.C13H10.2ClH.Zr/c1-5-16-29(17-6-1)35-27-15-26-34-28-36-37(30-24-13-14-25-30)39(31-18-7-2-8-19-31)40(32-20-9-3-10-21-32)41(42(36)38(34)35)33-22-11-4-12-23-33;1-3-7-12(8-4-1)11-13-9-5-2-6-10-13;;;/h1-24,26-28H,25H2;1-10H;2*1H;/q-1;;;;+2/p-2. The van der Waals surface area contributed by atoms with Gasteiger partial charge < -0.3 is 24.8 Å². The van der Waals surface area contributed by atoms with Crippen LogP contribution >= 0.6 is 0 Å².